The number of rotatable bonds is 6. The fraction of sp³-hybridized carbons (Fsp3) is 0.500. The normalized spacial score (nSPS) is 17.0. The molecule has 3 heterocycles. The highest BCUT2D eigenvalue weighted by molar-refractivity contribution is 7.91. The molecule has 2 aromatic rings. The van der Waals surface area contributed by atoms with Crippen molar-refractivity contribution in [1.29, 1.82) is 0 Å². The lowest BCUT2D eigenvalue weighted by molar-refractivity contribution is 0.0572. The Kier molecular flexibility index (Phi) is 5.53. The molecule has 2 aromatic heterocycles. The van der Waals surface area contributed by atoms with Gasteiger partial charge in [0.1, 0.15) is 4.21 Å². The Balaban J connectivity index is 1.91. The molecule has 3 rings (SSSR count). The van der Waals surface area contributed by atoms with Gasteiger partial charge in [0.25, 0.3) is 10.0 Å². The standard InChI is InChI=1S/C16H21NO3S3/c1-2-14-5-6-16(22-14)23(18,19)17(12-15-4-3-11-21-15)13-7-9-20-10-8-13/h3-6,11,13H,2,7-10,12H2,1H3. The van der Waals surface area contributed by atoms with Gasteiger partial charge in [0.15, 0.2) is 0 Å². The Labute approximate surface area is 145 Å². The first-order valence-corrected chi connectivity index (χ1v) is 11.0. The molecule has 0 radical (unpaired) electrons. The van der Waals surface area contributed by atoms with Crippen LogP contribution in [0.25, 0.3) is 0 Å². The highest BCUT2D eigenvalue weighted by atomic mass is 32.2. The Hall–Kier alpha value is -0.730. The third-order valence-electron chi connectivity index (χ3n) is 4.04. The average Bonchev–Trinajstić information content (AvgIpc) is 3.25. The molecular formula is C16H21NO3S3. The summed E-state index contributed by atoms with van der Waals surface area (Å²) in [5, 5.41) is 1.99. The third kappa shape index (κ3) is 3.85. The van der Waals surface area contributed by atoms with Crippen molar-refractivity contribution in [1.82, 2.24) is 4.31 Å². The fourth-order valence-corrected chi connectivity index (χ4v) is 6.61. The quantitative estimate of drug-likeness (QED) is 0.777. The van der Waals surface area contributed by atoms with E-state index in [4.69, 9.17) is 4.74 Å². The first kappa shape index (κ1) is 17.1. The molecule has 0 aromatic carbocycles. The van der Waals surface area contributed by atoms with Crippen molar-refractivity contribution in [2.45, 2.75) is 43.0 Å². The van der Waals surface area contributed by atoms with Crippen LogP contribution in [-0.2, 0) is 27.7 Å². The van der Waals surface area contributed by atoms with Gasteiger partial charge in [0.05, 0.1) is 0 Å². The molecule has 0 spiro atoms. The monoisotopic (exact) mass is 371 g/mol. The van der Waals surface area contributed by atoms with Crippen molar-refractivity contribution in [3.63, 3.8) is 0 Å². The fourth-order valence-electron chi connectivity index (χ4n) is 2.74. The molecule has 0 aliphatic carbocycles. The summed E-state index contributed by atoms with van der Waals surface area (Å²) >= 11 is 2.99. The summed E-state index contributed by atoms with van der Waals surface area (Å²) in [7, 11) is -3.46. The van der Waals surface area contributed by atoms with Gasteiger partial charge in [-0.25, -0.2) is 8.42 Å². The Bertz CT molecular complexity index is 716. The largest absolute Gasteiger partial charge is 0.381 e. The molecule has 0 amide bonds. The van der Waals surface area contributed by atoms with Crippen LogP contribution in [0.2, 0.25) is 0 Å². The molecule has 1 aliphatic heterocycles. The zero-order valence-electron chi connectivity index (χ0n) is 13.1. The first-order valence-electron chi connectivity index (χ1n) is 7.82. The minimum absolute atomic E-state index is 0.0167. The second-order valence-electron chi connectivity index (χ2n) is 5.55. The van der Waals surface area contributed by atoms with Gasteiger partial charge in [-0.1, -0.05) is 13.0 Å². The topological polar surface area (TPSA) is 46.6 Å². The molecule has 126 valence electrons. The summed E-state index contributed by atoms with van der Waals surface area (Å²) in [5.74, 6) is 0. The second kappa shape index (κ2) is 7.44. The van der Waals surface area contributed by atoms with Gasteiger partial charge in [0.2, 0.25) is 0 Å². The second-order valence-corrected chi connectivity index (χ2v) is 9.87. The maximum atomic E-state index is 13.2. The molecule has 7 heteroatoms. The summed E-state index contributed by atoms with van der Waals surface area (Å²) in [6, 6.07) is 7.65. The van der Waals surface area contributed by atoms with E-state index in [1.54, 1.807) is 21.7 Å². The van der Waals surface area contributed by atoms with E-state index in [0.29, 0.717) is 24.0 Å². The maximum absolute atomic E-state index is 13.2. The molecule has 0 bridgehead atoms. The van der Waals surface area contributed by atoms with Crippen molar-refractivity contribution in [3.8, 4) is 0 Å². The van der Waals surface area contributed by atoms with E-state index in [-0.39, 0.29) is 6.04 Å². The molecule has 0 saturated carbocycles. The molecule has 0 atom stereocenters. The van der Waals surface area contributed by atoms with E-state index in [1.165, 1.54) is 11.3 Å². The molecule has 1 fully saturated rings. The van der Waals surface area contributed by atoms with Crippen molar-refractivity contribution >= 4 is 32.7 Å². The van der Waals surface area contributed by atoms with Crippen molar-refractivity contribution in [2.24, 2.45) is 0 Å². The van der Waals surface area contributed by atoms with Gasteiger partial charge in [-0.3, -0.25) is 0 Å². The summed E-state index contributed by atoms with van der Waals surface area (Å²) in [5.41, 5.74) is 0. The number of hydrogen-bond donors (Lipinski definition) is 0. The molecule has 0 unspecified atom stereocenters. The highest BCUT2D eigenvalue weighted by Gasteiger charge is 2.33. The number of hydrogen-bond acceptors (Lipinski definition) is 5. The van der Waals surface area contributed by atoms with Crippen molar-refractivity contribution in [2.75, 3.05) is 13.2 Å². The predicted octanol–water partition coefficient (Wildman–Crippen LogP) is 3.74. The number of ether oxygens (including phenoxy) is 1. The van der Waals surface area contributed by atoms with E-state index >= 15 is 0 Å². The van der Waals surface area contributed by atoms with Crippen molar-refractivity contribution < 1.29 is 13.2 Å². The van der Waals surface area contributed by atoms with Crippen LogP contribution in [0.1, 0.15) is 29.5 Å². The van der Waals surface area contributed by atoms with Gasteiger partial charge in [0, 0.05) is 35.6 Å². The summed E-state index contributed by atoms with van der Waals surface area (Å²) < 4.78 is 33.9. The Morgan fingerprint density at radius 1 is 1.22 bits per heavy atom. The van der Waals surface area contributed by atoms with Crippen LogP contribution in [0.15, 0.2) is 33.9 Å². The predicted molar refractivity (Wildman–Crippen MR) is 94.6 cm³/mol. The van der Waals surface area contributed by atoms with E-state index in [2.05, 4.69) is 0 Å². The van der Waals surface area contributed by atoms with E-state index in [9.17, 15) is 8.42 Å². The van der Waals surface area contributed by atoms with Gasteiger partial charge in [-0.15, -0.1) is 22.7 Å². The molecule has 0 N–H and O–H groups in total. The van der Waals surface area contributed by atoms with E-state index < -0.39 is 10.0 Å². The van der Waals surface area contributed by atoms with Crippen molar-refractivity contribution in [3.05, 3.63) is 39.4 Å². The summed E-state index contributed by atoms with van der Waals surface area (Å²) in [6.07, 6.45) is 2.38. The highest BCUT2D eigenvalue weighted by Crippen LogP contribution is 2.31. The lowest BCUT2D eigenvalue weighted by Crippen LogP contribution is -2.42. The van der Waals surface area contributed by atoms with Crippen LogP contribution < -0.4 is 0 Å². The smallest absolute Gasteiger partial charge is 0.253 e. The average molecular weight is 372 g/mol. The van der Waals surface area contributed by atoms with Crippen LogP contribution in [0, 0.1) is 0 Å². The number of nitrogens with zero attached hydrogens (tertiary/aromatic N) is 1. The lowest BCUT2D eigenvalue weighted by Gasteiger charge is -2.32. The third-order valence-corrected chi connectivity index (χ3v) is 8.49. The zero-order chi connectivity index (χ0) is 16.3. The van der Waals surface area contributed by atoms with Crippen LogP contribution in [0.4, 0.5) is 0 Å². The van der Waals surface area contributed by atoms with Gasteiger partial charge < -0.3 is 4.74 Å². The van der Waals surface area contributed by atoms with Gasteiger partial charge in [-0.2, -0.15) is 4.31 Å². The molecule has 4 nitrogen and oxygen atoms in total. The lowest BCUT2D eigenvalue weighted by atomic mass is 10.1. The Morgan fingerprint density at radius 3 is 2.61 bits per heavy atom. The van der Waals surface area contributed by atoms with Crippen LogP contribution >= 0.6 is 22.7 Å². The molecule has 23 heavy (non-hydrogen) atoms. The number of thiophene rings is 2. The van der Waals surface area contributed by atoms with Crippen LogP contribution in [-0.4, -0.2) is 32.0 Å². The SMILES string of the molecule is CCc1ccc(S(=O)(=O)N(Cc2cccs2)C2CCOCC2)s1. The van der Waals surface area contributed by atoms with Crippen LogP contribution in [0.3, 0.4) is 0 Å². The minimum atomic E-state index is -3.46. The number of sulfonamides is 1. The minimum Gasteiger partial charge on any atom is -0.381 e. The van der Waals surface area contributed by atoms with E-state index in [0.717, 1.165) is 29.0 Å². The molecule has 1 aliphatic rings. The van der Waals surface area contributed by atoms with E-state index in [1.807, 2.05) is 30.5 Å². The zero-order valence-corrected chi connectivity index (χ0v) is 15.6. The number of aryl methyl sites for hydroxylation is 1. The summed E-state index contributed by atoms with van der Waals surface area (Å²) in [4.78, 5) is 2.18. The maximum Gasteiger partial charge on any atom is 0.253 e. The van der Waals surface area contributed by atoms with Crippen LogP contribution in [0.5, 0.6) is 0 Å². The molecule has 1 saturated heterocycles. The van der Waals surface area contributed by atoms with Gasteiger partial charge in [-0.05, 0) is 42.8 Å². The summed E-state index contributed by atoms with van der Waals surface area (Å²) in [6.45, 7) is 3.76. The van der Waals surface area contributed by atoms with Gasteiger partial charge >= 0.3 is 0 Å². The molecular weight excluding hydrogens is 350 g/mol. The Morgan fingerprint density at radius 2 is 2.00 bits per heavy atom. The first-order chi connectivity index (χ1) is 11.1.